The van der Waals surface area contributed by atoms with Gasteiger partial charge in [0.25, 0.3) is 0 Å². The first kappa shape index (κ1) is 10.3. The van der Waals surface area contributed by atoms with E-state index in [0.717, 1.165) is 11.3 Å². The molecule has 0 amide bonds. The van der Waals surface area contributed by atoms with Crippen molar-refractivity contribution in [3.63, 3.8) is 0 Å². The molecule has 1 aromatic carbocycles. The predicted octanol–water partition coefficient (Wildman–Crippen LogP) is 1.64. The van der Waals surface area contributed by atoms with Gasteiger partial charge in [0, 0.05) is 12.7 Å². The Bertz CT molecular complexity index is 196. The molecule has 0 spiro atoms. The van der Waals surface area contributed by atoms with Crippen LogP contribution in [0.3, 0.4) is 0 Å². The van der Waals surface area contributed by atoms with Gasteiger partial charge in [-0.3, -0.25) is 0 Å². The van der Waals surface area contributed by atoms with Gasteiger partial charge < -0.3 is 10.4 Å². The summed E-state index contributed by atoms with van der Waals surface area (Å²) in [7, 11) is 1.86. The van der Waals surface area contributed by atoms with Crippen molar-refractivity contribution in [2.24, 2.45) is 0 Å². The van der Waals surface area contributed by atoms with E-state index in [2.05, 4.69) is 5.32 Å². The van der Waals surface area contributed by atoms with Gasteiger partial charge in [-0.15, -0.1) is 12.4 Å². The van der Waals surface area contributed by atoms with Crippen LogP contribution in [-0.4, -0.2) is 12.2 Å². The monoisotopic (exact) mass is 173 g/mol. The van der Waals surface area contributed by atoms with Crippen molar-refractivity contribution in [1.29, 1.82) is 0 Å². The zero-order valence-electron chi connectivity index (χ0n) is 6.37. The molecule has 0 heterocycles. The summed E-state index contributed by atoms with van der Waals surface area (Å²) in [6.07, 6.45) is 0. The SMILES string of the molecule is CNc1cccc(CO)c1.Cl. The first-order valence-electron chi connectivity index (χ1n) is 3.24. The van der Waals surface area contributed by atoms with E-state index in [1.165, 1.54) is 0 Å². The molecule has 1 aromatic rings. The van der Waals surface area contributed by atoms with Crippen molar-refractivity contribution in [3.05, 3.63) is 29.8 Å². The molecule has 3 heteroatoms. The molecule has 0 radical (unpaired) electrons. The summed E-state index contributed by atoms with van der Waals surface area (Å²) in [5, 5.41) is 11.7. The van der Waals surface area contributed by atoms with Gasteiger partial charge in [-0.2, -0.15) is 0 Å². The minimum atomic E-state index is 0. The topological polar surface area (TPSA) is 32.3 Å². The highest BCUT2D eigenvalue weighted by atomic mass is 35.5. The second-order valence-corrected chi connectivity index (χ2v) is 2.11. The third kappa shape index (κ3) is 2.78. The van der Waals surface area contributed by atoms with Crippen LogP contribution in [-0.2, 0) is 6.61 Å². The Morgan fingerprint density at radius 1 is 1.45 bits per heavy atom. The van der Waals surface area contributed by atoms with E-state index in [1.807, 2.05) is 31.3 Å². The smallest absolute Gasteiger partial charge is 0.0682 e. The highest BCUT2D eigenvalue weighted by Crippen LogP contribution is 2.08. The van der Waals surface area contributed by atoms with E-state index in [0.29, 0.717) is 0 Å². The Balaban J connectivity index is 0.000001000. The van der Waals surface area contributed by atoms with E-state index in [4.69, 9.17) is 5.11 Å². The molecule has 0 bridgehead atoms. The van der Waals surface area contributed by atoms with Crippen LogP contribution in [0.25, 0.3) is 0 Å². The molecular weight excluding hydrogens is 162 g/mol. The molecule has 0 fully saturated rings. The molecule has 0 aliphatic carbocycles. The van der Waals surface area contributed by atoms with Gasteiger partial charge in [-0.25, -0.2) is 0 Å². The number of aliphatic hydroxyl groups is 1. The van der Waals surface area contributed by atoms with E-state index in [9.17, 15) is 0 Å². The summed E-state index contributed by atoms with van der Waals surface area (Å²) in [5.41, 5.74) is 1.97. The lowest BCUT2D eigenvalue weighted by Gasteiger charge is -2.00. The summed E-state index contributed by atoms with van der Waals surface area (Å²) in [4.78, 5) is 0. The van der Waals surface area contributed by atoms with Crippen LogP contribution in [0, 0.1) is 0 Å². The third-order valence-corrected chi connectivity index (χ3v) is 1.40. The fourth-order valence-electron chi connectivity index (χ4n) is 0.825. The summed E-state index contributed by atoms with van der Waals surface area (Å²) in [5.74, 6) is 0. The number of benzene rings is 1. The number of hydrogen-bond acceptors (Lipinski definition) is 2. The van der Waals surface area contributed by atoms with Gasteiger partial charge in [0.1, 0.15) is 0 Å². The Morgan fingerprint density at radius 3 is 2.73 bits per heavy atom. The number of anilines is 1. The van der Waals surface area contributed by atoms with E-state index in [1.54, 1.807) is 0 Å². The average Bonchev–Trinajstić information content (AvgIpc) is 2.05. The largest absolute Gasteiger partial charge is 0.392 e. The normalized spacial score (nSPS) is 8.55. The minimum absolute atomic E-state index is 0. The molecule has 0 aliphatic rings. The van der Waals surface area contributed by atoms with Crippen LogP contribution >= 0.6 is 12.4 Å². The fourth-order valence-corrected chi connectivity index (χ4v) is 0.825. The number of rotatable bonds is 2. The van der Waals surface area contributed by atoms with Crippen LogP contribution in [0.2, 0.25) is 0 Å². The van der Waals surface area contributed by atoms with Crippen molar-refractivity contribution < 1.29 is 5.11 Å². The number of hydrogen-bond donors (Lipinski definition) is 2. The first-order valence-corrected chi connectivity index (χ1v) is 3.24. The first-order chi connectivity index (χ1) is 4.86. The van der Waals surface area contributed by atoms with Crippen molar-refractivity contribution in [3.8, 4) is 0 Å². The van der Waals surface area contributed by atoms with Crippen LogP contribution in [0.1, 0.15) is 5.56 Å². The Kier molecular flexibility index (Phi) is 4.66. The maximum atomic E-state index is 8.73. The molecular formula is C8H12ClNO. The molecule has 11 heavy (non-hydrogen) atoms. The average molecular weight is 174 g/mol. The highest BCUT2D eigenvalue weighted by Gasteiger charge is 1.89. The van der Waals surface area contributed by atoms with Gasteiger partial charge in [-0.05, 0) is 17.7 Å². The van der Waals surface area contributed by atoms with Crippen LogP contribution in [0.4, 0.5) is 5.69 Å². The zero-order chi connectivity index (χ0) is 7.40. The third-order valence-electron chi connectivity index (χ3n) is 1.40. The quantitative estimate of drug-likeness (QED) is 0.713. The number of halogens is 1. The van der Waals surface area contributed by atoms with E-state index < -0.39 is 0 Å². The molecule has 0 saturated carbocycles. The van der Waals surface area contributed by atoms with Gasteiger partial charge in [0.05, 0.1) is 6.61 Å². The zero-order valence-corrected chi connectivity index (χ0v) is 7.19. The summed E-state index contributed by atoms with van der Waals surface area (Å²) < 4.78 is 0. The second-order valence-electron chi connectivity index (χ2n) is 2.11. The standard InChI is InChI=1S/C8H11NO.ClH/c1-9-8-4-2-3-7(5-8)6-10;/h2-5,9-10H,6H2,1H3;1H. The summed E-state index contributed by atoms with van der Waals surface area (Å²) in [6.45, 7) is 0.107. The molecule has 0 aliphatic heterocycles. The van der Waals surface area contributed by atoms with Gasteiger partial charge >= 0.3 is 0 Å². The summed E-state index contributed by atoms with van der Waals surface area (Å²) >= 11 is 0. The van der Waals surface area contributed by atoms with Gasteiger partial charge in [0.2, 0.25) is 0 Å². The molecule has 2 N–H and O–H groups in total. The van der Waals surface area contributed by atoms with Crippen molar-refractivity contribution in [2.75, 3.05) is 12.4 Å². The molecule has 62 valence electrons. The fraction of sp³-hybridized carbons (Fsp3) is 0.250. The maximum Gasteiger partial charge on any atom is 0.0682 e. The lowest BCUT2D eigenvalue weighted by Crippen LogP contribution is -1.89. The molecule has 0 unspecified atom stereocenters. The van der Waals surface area contributed by atoms with Gasteiger partial charge in [-0.1, -0.05) is 12.1 Å². The highest BCUT2D eigenvalue weighted by molar-refractivity contribution is 5.85. The molecule has 0 saturated heterocycles. The van der Waals surface area contributed by atoms with E-state index in [-0.39, 0.29) is 19.0 Å². The molecule has 0 atom stereocenters. The molecule has 2 nitrogen and oxygen atoms in total. The lowest BCUT2D eigenvalue weighted by molar-refractivity contribution is 0.282. The lowest BCUT2D eigenvalue weighted by atomic mass is 10.2. The summed E-state index contributed by atoms with van der Waals surface area (Å²) in [6, 6.07) is 7.68. The van der Waals surface area contributed by atoms with E-state index >= 15 is 0 Å². The van der Waals surface area contributed by atoms with Crippen molar-refractivity contribution in [2.45, 2.75) is 6.61 Å². The maximum absolute atomic E-state index is 8.73. The van der Waals surface area contributed by atoms with Crippen molar-refractivity contribution >= 4 is 18.1 Å². The Morgan fingerprint density at radius 2 is 2.18 bits per heavy atom. The van der Waals surface area contributed by atoms with Gasteiger partial charge in [0.15, 0.2) is 0 Å². The Hall–Kier alpha value is -0.730. The Labute approximate surface area is 72.7 Å². The number of aliphatic hydroxyl groups excluding tert-OH is 1. The molecule has 0 aromatic heterocycles. The van der Waals surface area contributed by atoms with Crippen LogP contribution in [0.5, 0.6) is 0 Å². The number of nitrogens with one attached hydrogen (secondary N) is 1. The van der Waals surface area contributed by atoms with Crippen LogP contribution in [0.15, 0.2) is 24.3 Å². The van der Waals surface area contributed by atoms with Crippen LogP contribution < -0.4 is 5.32 Å². The molecule has 1 rings (SSSR count). The second kappa shape index (κ2) is 4.99. The minimum Gasteiger partial charge on any atom is -0.392 e. The van der Waals surface area contributed by atoms with Crippen molar-refractivity contribution in [1.82, 2.24) is 0 Å². The predicted molar refractivity (Wildman–Crippen MR) is 49.2 cm³/mol.